The number of aromatic nitrogens is 2. The van der Waals surface area contributed by atoms with Crippen molar-refractivity contribution in [3.63, 3.8) is 0 Å². The van der Waals surface area contributed by atoms with E-state index in [9.17, 15) is 22.8 Å². The number of fused-ring (bicyclic) bond motifs is 3. The third-order valence-electron chi connectivity index (χ3n) is 8.43. The number of hydrogen-bond donors (Lipinski definition) is 3. The summed E-state index contributed by atoms with van der Waals surface area (Å²) >= 11 is 0. The minimum absolute atomic E-state index is 0.0230. The molecule has 204 valence electrons. The first-order valence-corrected chi connectivity index (χ1v) is 13.4. The van der Waals surface area contributed by atoms with Gasteiger partial charge < -0.3 is 20.5 Å². The fourth-order valence-corrected chi connectivity index (χ4v) is 6.57. The summed E-state index contributed by atoms with van der Waals surface area (Å²) in [6, 6.07) is 11.7. The monoisotopic (exact) mass is 537 g/mol. The molecule has 3 aromatic rings. The van der Waals surface area contributed by atoms with Gasteiger partial charge in [-0.25, -0.2) is 4.98 Å². The number of benzene rings is 2. The highest BCUT2D eigenvalue weighted by atomic mass is 19.4. The summed E-state index contributed by atoms with van der Waals surface area (Å²) in [5.41, 5.74) is 1.41. The smallest absolute Gasteiger partial charge is 0.375 e. The Morgan fingerprint density at radius 1 is 1.00 bits per heavy atom. The number of imidazole rings is 1. The Labute approximate surface area is 224 Å². The first-order chi connectivity index (χ1) is 18.8. The van der Waals surface area contributed by atoms with Crippen molar-refractivity contribution in [1.82, 2.24) is 20.2 Å². The van der Waals surface area contributed by atoms with Crippen LogP contribution in [0.15, 0.2) is 60.9 Å². The molecule has 5 unspecified atom stereocenters. The van der Waals surface area contributed by atoms with E-state index in [1.165, 1.54) is 12.1 Å². The van der Waals surface area contributed by atoms with Crippen molar-refractivity contribution in [2.45, 2.75) is 56.4 Å². The third-order valence-corrected chi connectivity index (χ3v) is 8.43. The van der Waals surface area contributed by atoms with Crippen LogP contribution in [-0.4, -0.2) is 39.3 Å². The topological polar surface area (TPSA) is 90.1 Å². The highest BCUT2D eigenvalue weighted by Crippen LogP contribution is 2.51. The Hall–Kier alpha value is -3.82. The van der Waals surface area contributed by atoms with Gasteiger partial charge in [-0.05, 0) is 55.2 Å². The van der Waals surface area contributed by atoms with Gasteiger partial charge in [0.2, 0.25) is 5.91 Å². The molecule has 2 aromatic carbocycles. The second-order valence-corrected chi connectivity index (χ2v) is 10.7. The van der Waals surface area contributed by atoms with E-state index in [1.807, 2.05) is 23.1 Å². The van der Waals surface area contributed by atoms with E-state index in [0.717, 1.165) is 48.5 Å². The lowest BCUT2D eigenvalue weighted by Crippen LogP contribution is -2.50. The van der Waals surface area contributed by atoms with Crippen molar-refractivity contribution in [3.8, 4) is 0 Å². The van der Waals surface area contributed by atoms with E-state index >= 15 is 0 Å². The fraction of sp³-hybridized carbons (Fsp3) is 0.414. The minimum atomic E-state index is -4.47. The lowest BCUT2D eigenvalue weighted by atomic mass is 9.80. The number of alkyl halides is 3. The number of amides is 2. The summed E-state index contributed by atoms with van der Waals surface area (Å²) in [6.07, 6.45) is 2.96. The van der Waals surface area contributed by atoms with Crippen molar-refractivity contribution in [3.05, 3.63) is 83.4 Å². The number of likely N-dealkylation sites (tertiary alicyclic amines) is 1. The first kappa shape index (κ1) is 25.5. The average Bonchev–Trinajstić information content (AvgIpc) is 3.63. The molecule has 2 aliphatic heterocycles. The summed E-state index contributed by atoms with van der Waals surface area (Å²) in [7, 11) is 0. The molecule has 1 aliphatic carbocycles. The summed E-state index contributed by atoms with van der Waals surface area (Å²) in [5, 5.41) is 6.59. The summed E-state index contributed by atoms with van der Waals surface area (Å²) in [5.74, 6) is 0.152. The van der Waals surface area contributed by atoms with Gasteiger partial charge in [0.1, 0.15) is 5.82 Å². The molecular weight excluding hydrogens is 507 g/mol. The second kappa shape index (κ2) is 10.1. The fourth-order valence-electron chi connectivity index (χ4n) is 6.57. The largest absolute Gasteiger partial charge is 0.416 e. The van der Waals surface area contributed by atoms with E-state index in [2.05, 4.69) is 26.7 Å². The SMILES string of the molecule is O=C(NC1CCCCC1C(=O)N1CCC2C(c3ncc[nH]3)Nc3ccccc3C21)c1ccc(C(F)(F)F)cc1. The van der Waals surface area contributed by atoms with Crippen LogP contribution in [0.3, 0.4) is 0 Å². The number of anilines is 1. The van der Waals surface area contributed by atoms with Gasteiger partial charge in [-0.3, -0.25) is 9.59 Å². The first-order valence-electron chi connectivity index (χ1n) is 13.4. The summed E-state index contributed by atoms with van der Waals surface area (Å²) in [4.78, 5) is 36.8. The van der Waals surface area contributed by atoms with Gasteiger partial charge in [0.25, 0.3) is 5.91 Å². The Bertz CT molecular complexity index is 1340. The van der Waals surface area contributed by atoms with Crippen molar-refractivity contribution in [1.29, 1.82) is 0 Å². The number of rotatable bonds is 4. The van der Waals surface area contributed by atoms with Crippen LogP contribution in [0.2, 0.25) is 0 Å². The molecule has 1 aromatic heterocycles. The molecule has 3 heterocycles. The quantitative estimate of drug-likeness (QED) is 0.412. The molecule has 39 heavy (non-hydrogen) atoms. The van der Waals surface area contributed by atoms with Gasteiger partial charge >= 0.3 is 6.18 Å². The van der Waals surface area contributed by atoms with Gasteiger partial charge in [-0.15, -0.1) is 0 Å². The second-order valence-electron chi connectivity index (χ2n) is 10.7. The molecule has 3 aliphatic rings. The maximum absolute atomic E-state index is 14.1. The lowest BCUT2D eigenvalue weighted by molar-refractivity contribution is -0.139. The third kappa shape index (κ3) is 4.77. The van der Waals surface area contributed by atoms with Gasteiger partial charge in [0.05, 0.1) is 23.6 Å². The molecule has 0 radical (unpaired) electrons. The Morgan fingerprint density at radius 2 is 1.77 bits per heavy atom. The summed E-state index contributed by atoms with van der Waals surface area (Å²) < 4.78 is 38.8. The average molecular weight is 538 g/mol. The van der Waals surface area contributed by atoms with E-state index < -0.39 is 17.6 Å². The normalized spacial score (nSPS) is 26.3. The zero-order valence-electron chi connectivity index (χ0n) is 21.2. The number of nitrogens with zero attached hydrogens (tertiary/aromatic N) is 2. The van der Waals surface area contributed by atoms with Crippen molar-refractivity contribution in [2.75, 3.05) is 11.9 Å². The molecule has 2 amide bonds. The number of halogens is 3. The molecular formula is C29H30F3N5O2. The van der Waals surface area contributed by atoms with Crippen LogP contribution < -0.4 is 10.6 Å². The lowest BCUT2D eigenvalue weighted by Gasteiger charge is -2.41. The van der Waals surface area contributed by atoms with E-state index in [-0.39, 0.29) is 41.4 Å². The predicted octanol–water partition coefficient (Wildman–Crippen LogP) is 5.47. The van der Waals surface area contributed by atoms with Crippen LogP contribution in [0.5, 0.6) is 0 Å². The van der Waals surface area contributed by atoms with E-state index in [4.69, 9.17) is 0 Å². The van der Waals surface area contributed by atoms with Crippen LogP contribution in [0.4, 0.5) is 18.9 Å². The molecule has 10 heteroatoms. The Balaban J connectivity index is 1.23. The van der Waals surface area contributed by atoms with Crippen molar-refractivity contribution < 1.29 is 22.8 Å². The molecule has 1 saturated carbocycles. The number of carbonyl (C=O) groups is 2. The van der Waals surface area contributed by atoms with Crippen LogP contribution in [-0.2, 0) is 11.0 Å². The predicted molar refractivity (Wildman–Crippen MR) is 139 cm³/mol. The van der Waals surface area contributed by atoms with Crippen LogP contribution >= 0.6 is 0 Å². The molecule has 3 N–H and O–H groups in total. The van der Waals surface area contributed by atoms with Gasteiger partial charge in [0.15, 0.2) is 0 Å². The minimum Gasteiger partial charge on any atom is -0.375 e. The number of para-hydroxylation sites is 1. The van der Waals surface area contributed by atoms with Crippen molar-refractivity contribution in [2.24, 2.45) is 11.8 Å². The maximum Gasteiger partial charge on any atom is 0.416 e. The van der Waals surface area contributed by atoms with Crippen LogP contribution in [0, 0.1) is 11.8 Å². The zero-order valence-corrected chi connectivity index (χ0v) is 21.2. The van der Waals surface area contributed by atoms with E-state index in [1.54, 1.807) is 12.4 Å². The zero-order chi connectivity index (χ0) is 27.1. The molecule has 0 spiro atoms. The Kier molecular flexibility index (Phi) is 6.56. The van der Waals surface area contributed by atoms with Gasteiger partial charge in [0, 0.05) is 42.1 Å². The molecule has 0 bridgehead atoms. The molecule has 2 fully saturated rings. The van der Waals surface area contributed by atoms with Crippen LogP contribution in [0.25, 0.3) is 0 Å². The van der Waals surface area contributed by atoms with E-state index in [0.29, 0.717) is 19.4 Å². The van der Waals surface area contributed by atoms with Crippen LogP contribution in [0.1, 0.15) is 71.5 Å². The number of hydrogen-bond acceptors (Lipinski definition) is 4. The van der Waals surface area contributed by atoms with Crippen molar-refractivity contribution >= 4 is 17.5 Å². The maximum atomic E-state index is 14.1. The highest BCUT2D eigenvalue weighted by Gasteiger charge is 2.49. The standard InChI is InChI=1S/C29H30F3N5O2/c30-29(31,32)18-11-9-17(10-12-18)27(38)36-23-8-4-2-6-20(23)28(39)37-16-13-21-24(26-33-14-15-34-26)35-22-7-3-1-5-19(22)25(21)37/h1,3,5,7,9-12,14-15,20-21,23-25,35H,2,4,6,8,13,16H2,(H,33,34)(H,36,38). The van der Waals surface area contributed by atoms with Gasteiger partial charge in [-0.1, -0.05) is 31.0 Å². The number of nitrogens with one attached hydrogen (secondary N) is 3. The molecule has 6 rings (SSSR count). The molecule has 7 nitrogen and oxygen atoms in total. The van der Waals surface area contributed by atoms with Gasteiger partial charge in [-0.2, -0.15) is 13.2 Å². The summed E-state index contributed by atoms with van der Waals surface area (Å²) in [6.45, 7) is 0.609. The Morgan fingerprint density at radius 3 is 2.51 bits per heavy atom. The molecule has 1 saturated heterocycles. The number of aromatic amines is 1. The number of H-pyrrole nitrogens is 1. The highest BCUT2D eigenvalue weighted by molar-refractivity contribution is 5.95. The number of carbonyl (C=O) groups excluding carboxylic acids is 2. The molecule has 5 atom stereocenters.